The lowest BCUT2D eigenvalue weighted by Gasteiger charge is -2.28. The average Bonchev–Trinajstić information content (AvgIpc) is 2.28. The number of nitrogens with one attached hydrogen (secondary N) is 1. The van der Waals surface area contributed by atoms with Crippen molar-refractivity contribution in [1.82, 2.24) is 5.32 Å². The topological polar surface area (TPSA) is 46.2 Å². The molecule has 1 N–H and O–H groups in total. The van der Waals surface area contributed by atoms with Crippen LogP contribution < -0.4 is 5.32 Å². The molecule has 0 aromatic rings. The van der Waals surface area contributed by atoms with Crippen LogP contribution in [0, 0.1) is 12.3 Å². The lowest BCUT2D eigenvalue weighted by molar-refractivity contribution is 0.379. The summed E-state index contributed by atoms with van der Waals surface area (Å²) in [5, 5.41) is 3.28. The van der Waals surface area contributed by atoms with Gasteiger partial charge in [-0.3, -0.25) is 0 Å². The maximum absolute atomic E-state index is 11.5. The Kier molecular flexibility index (Phi) is 6.39. The lowest BCUT2D eigenvalue weighted by atomic mass is 9.95. The summed E-state index contributed by atoms with van der Waals surface area (Å²) in [6, 6.07) is 0.356. The van der Waals surface area contributed by atoms with Gasteiger partial charge in [-0.25, -0.2) is 8.42 Å². The van der Waals surface area contributed by atoms with Crippen LogP contribution in [0.3, 0.4) is 0 Å². The number of rotatable bonds is 6. The average molecular weight is 275 g/mol. The number of hydrogen-bond donors (Lipinski definition) is 1. The molecule has 0 aliphatic heterocycles. The summed E-state index contributed by atoms with van der Waals surface area (Å²) in [6.45, 7) is 0.910. The maximum Gasteiger partial charge on any atom is 0.150 e. The van der Waals surface area contributed by atoms with Crippen LogP contribution in [0.4, 0.5) is 0 Å². The molecule has 98 valence electrons. The van der Waals surface area contributed by atoms with E-state index in [9.17, 15) is 8.42 Å². The highest BCUT2D eigenvalue weighted by molar-refractivity contribution is 7.99. The van der Waals surface area contributed by atoms with Gasteiger partial charge in [0.2, 0.25) is 0 Å². The van der Waals surface area contributed by atoms with E-state index in [0.717, 1.165) is 43.7 Å². The van der Waals surface area contributed by atoms with Crippen molar-refractivity contribution >= 4 is 21.6 Å². The van der Waals surface area contributed by atoms with Gasteiger partial charge < -0.3 is 5.32 Å². The quantitative estimate of drug-likeness (QED) is 0.586. The van der Waals surface area contributed by atoms with Crippen LogP contribution in [0.15, 0.2) is 0 Å². The second-order valence-corrected chi connectivity index (χ2v) is 7.96. The maximum atomic E-state index is 11.5. The second kappa shape index (κ2) is 7.30. The van der Waals surface area contributed by atoms with Crippen molar-refractivity contribution in [3.05, 3.63) is 0 Å². The summed E-state index contributed by atoms with van der Waals surface area (Å²) in [6.07, 6.45) is 10.2. The summed E-state index contributed by atoms with van der Waals surface area (Å²) in [7, 11) is -2.87. The Morgan fingerprint density at radius 3 is 2.88 bits per heavy atom. The van der Waals surface area contributed by atoms with Crippen LogP contribution in [0.25, 0.3) is 0 Å². The van der Waals surface area contributed by atoms with E-state index in [2.05, 4.69) is 11.2 Å². The Morgan fingerprint density at radius 2 is 2.24 bits per heavy atom. The van der Waals surface area contributed by atoms with Crippen molar-refractivity contribution in [2.75, 3.05) is 24.3 Å². The molecule has 0 bridgehead atoms. The molecular formula is C12H21NO2S2. The van der Waals surface area contributed by atoms with Crippen LogP contribution in [0.5, 0.6) is 0 Å². The monoisotopic (exact) mass is 275 g/mol. The summed E-state index contributed by atoms with van der Waals surface area (Å²) in [4.78, 5) is 0. The third-order valence-corrected chi connectivity index (χ3v) is 5.60. The molecule has 0 aromatic carbocycles. The molecule has 2 atom stereocenters. The molecule has 1 aliphatic rings. The summed E-state index contributed by atoms with van der Waals surface area (Å²) in [5.41, 5.74) is 0. The zero-order valence-corrected chi connectivity index (χ0v) is 11.9. The van der Waals surface area contributed by atoms with Crippen molar-refractivity contribution in [3.63, 3.8) is 0 Å². The van der Waals surface area contributed by atoms with Crippen molar-refractivity contribution in [1.29, 1.82) is 0 Å². The predicted octanol–water partition coefficient (Wildman–Crippen LogP) is 1.30. The molecule has 1 rings (SSSR count). The fourth-order valence-electron chi connectivity index (χ4n) is 2.19. The molecule has 17 heavy (non-hydrogen) atoms. The Hall–Kier alpha value is -0.180. The zero-order valence-electron chi connectivity index (χ0n) is 10.3. The Morgan fingerprint density at radius 1 is 1.47 bits per heavy atom. The molecule has 3 nitrogen and oxygen atoms in total. The third kappa shape index (κ3) is 5.80. The van der Waals surface area contributed by atoms with Gasteiger partial charge in [0.1, 0.15) is 9.84 Å². The van der Waals surface area contributed by atoms with E-state index in [1.165, 1.54) is 6.26 Å². The highest BCUT2D eigenvalue weighted by Gasteiger charge is 2.28. The van der Waals surface area contributed by atoms with E-state index in [-0.39, 0.29) is 5.25 Å². The van der Waals surface area contributed by atoms with Crippen LogP contribution in [-0.4, -0.2) is 44.0 Å². The van der Waals surface area contributed by atoms with E-state index in [4.69, 9.17) is 6.42 Å². The minimum Gasteiger partial charge on any atom is -0.313 e. The molecule has 5 heteroatoms. The molecule has 0 heterocycles. The molecule has 0 saturated heterocycles. The van der Waals surface area contributed by atoms with Gasteiger partial charge in [-0.2, -0.15) is 0 Å². The highest BCUT2D eigenvalue weighted by Crippen LogP contribution is 2.23. The molecule has 1 saturated carbocycles. The van der Waals surface area contributed by atoms with E-state index >= 15 is 0 Å². The van der Waals surface area contributed by atoms with Crippen LogP contribution in [0.1, 0.15) is 25.7 Å². The number of thioether (sulfide) groups is 1. The first-order valence-electron chi connectivity index (χ1n) is 5.97. The summed E-state index contributed by atoms with van der Waals surface area (Å²) in [5.74, 6) is 4.33. The number of terminal acetylenes is 1. The molecule has 0 spiro atoms. The molecule has 0 radical (unpaired) electrons. The third-order valence-electron chi connectivity index (χ3n) is 3.10. The van der Waals surface area contributed by atoms with E-state index < -0.39 is 9.84 Å². The summed E-state index contributed by atoms with van der Waals surface area (Å²) >= 11 is 1.73. The predicted molar refractivity (Wildman–Crippen MR) is 75.0 cm³/mol. The molecule has 1 aliphatic carbocycles. The van der Waals surface area contributed by atoms with Gasteiger partial charge in [0, 0.05) is 24.6 Å². The van der Waals surface area contributed by atoms with Gasteiger partial charge in [0.25, 0.3) is 0 Å². The molecule has 1 fully saturated rings. The Labute approximate surface area is 109 Å². The van der Waals surface area contributed by atoms with Gasteiger partial charge in [0.05, 0.1) is 11.0 Å². The van der Waals surface area contributed by atoms with Gasteiger partial charge in [-0.1, -0.05) is 12.3 Å². The number of hydrogen-bond acceptors (Lipinski definition) is 4. The molecular weight excluding hydrogens is 254 g/mol. The molecule has 2 unspecified atom stereocenters. The molecule has 0 amide bonds. The van der Waals surface area contributed by atoms with Crippen LogP contribution in [-0.2, 0) is 9.84 Å². The first-order chi connectivity index (χ1) is 8.04. The van der Waals surface area contributed by atoms with E-state index in [1.807, 2.05) is 0 Å². The highest BCUT2D eigenvalue weighted by atomic mass is 32.2. The van der Waals surface area contributed by atoms with Crippen molar-refractivity contribution in [2.45, 2.75) is 37.0 Å². The second-order valence-electron chi connectivity index (χ2n) is 4.53. The van der Waals surface area contributed by atoms with Gasteiger partial charge in [-0.15, -0.1) is 18.2 Å². The smallest absolute Gasteiger partial charge is 0.150 e. The number of sulfone groups is 1. The van der Waals surface area contributed by atoms with Crippen molar-refractivity contribution in [2.24, 2.45) is 0 Å². The zero-order chi connectivity index (χ0) is 12.7. The SMILES string of the molecule is C#CCSCCNC1CCCC(S(C)(=O)=O)C1. The summed E-state index contributed by atoms with van der Waals surface area (Å²) < 4.78 is 23.0. The van der Waals surface area contributed by atoms with Crippen molar-refractivity contribution in [3.8, 4) is 12.3 Å². The Balaban J connectivity index is 2.24. The van der Waals surface area contributed by atoms with Crippen LogP contribution >= 0.6 is 11.8 Å². The minimum atomic E-state index is -2.87. The van der Waals surface area contributed by atoms with Crippen molar-refractivity contribution < 1.29 is 8.42 Å². The van der Waals surface area contributed by atoms with E-state index in [1.54, 1.807) is 11.8 Å². The normalized spacial score (nSPS) is 25.4. The van der Waals surface area contributed by atoms with Gasteiger partial charge >= 0.3 is 0 Å². The van der Waals surface area contributed by atoms with Crippen LogP contribution in [0.2, 0.25) is 0 Å². The molecule has 0 aromatic heterocycles. The minimum absolute atomic E-state index is 0.146. The fraction of sp³-hybridized carbons (Fsp3) is 0.833. The standard InChI is InChI=1S/C12H21NO2S2/c1-3-8-16-9-7-13-11-5-4-6-12(10-11)17(2,14)15/h1,11-13H,4-10H2,2H3. The van der Waals surface area contributed by atoms with Gasteiger partial charge in [0.15, 0.2) is 0 Å². The first-order valence-corrected chi connectivity index (χ1v) is 9.08. The lowest BCUT2D eigenvalue weighted by Crippen LogP contribution is -2.39. The largest absolute Gasteiger partial charge is 0.313 e. The van der Waals surface area contributed by atoms with Gasteiger partial charge in [-0.05, 0) is 19.3 Å². The Bertz CT molecular complexity index is 359. The fourth-order valence-corrected chi connectivity index (χ4v) is 3.89. The van der Waals surface area contributed by atoms with E-state index in [0.29, 0.717) is 6.04 Å². The first kappa shape index (κ1) is 14.9.